The minimum Gasteiger partial charge on any atom is -0.480 e. The fourth-order valence-electron chi connectivity index (χ4n) is 3.71. The number of carbonyl (C=O) groups excluding carboxylic acids is 1. The van der Waals surface area contributed by atoms with E-state index in [1.165, 1.54) is 39.0 Å². The van der Waals surface area contributed by atoms with Crippen molar-refractivity contribution in [2.45, 2.75) is 58.4 Å². The number of benzene rings is 1. The lowest BCUT2D eigenvalue weighted by Crippen LogP contribution is -2.14. The van der Waals surface area contributed by atoms with Gasteiger partial charge in [0.1, 0.15) is 12.4 Å². The van der Waals surface area contributed by atoms with Gasteiger partial charge in [0.2, 0.25) is 0 Å². The number of hydrogen-bond acceptors (Lipinski definition) is 3. The first kappa shape index (κ1) is 16.7. The minimum atomic E-state index is -0.871. The molecule has 3 rings (SSSR count). The summed E-state index contributed by atoms with van der Waals surface area (Å²) >= 11 is 0. The van der Waals surface area contributed by atoms with E-state index in [4.69, 9.17) is 0 Å². The summed E-state index contributed by atoms with van der Waals surface area (Å²) in [6, 6.07) is 5.32. The number of nitrogens with zero attached hydrogens (tertiary/aromatic N) is 2. The molecular weight excluding hydrogens is 304 g/mol. The minimum absolute atomic E-state index is 0.00607. The standard InChI is InChI=1S/C19H24N2O3/c1-13(22)15-8-9-17-16(11-15)20-18(21(17)12-19(23)24)10-7-14-5-3-2-4-6-14/h8-9,11,14H,2-7,10,12H2,1H3,(H,23,24). The van der Waals surface area contributed by atoms with Gasteiger partial charge in [-0.05, 0) is 37.5 Å². The Kier molecular flexibility index (Phi) is 4.97. The molecule has 1 N–H and O–H groups in total. The summed E-state index contributed by atoms with van der Waals surface area (Å²) in [5.41, 5.74) is 2.12. The average molecular weight is 328 g/mol. The predicted octanol–water partition coefficient (Wildman–Crippen LogP) is 3.84. The van der Waals surface area contributed by atoms with Gasteiger partial charge in [0.15, 0.2) is 5.78 Å². The number of aromatic nitrogens is 2. The Hall–Kier alpha value is -2.17. The van der Waals surface area contributed by atoms with Crippen LogP contribution < -0.4 is 0 Å². The van der Waals surface area contributed by atoms with Crippen LogP contribution in [0.3, 0.4) is 0 Å². The molecule has 0 atom stereocenters. The zero-order chi connectivity index (χ0) is 17.1. The Bertz CT molecular complexity index is 757. The lowest BCUT2D eigenvalue weighted by atomic mass is 9.86. The molecule has 2 aromatic rings. The molecule has 1 aromatic heterocycles. The van der Waals surface area contributed by atoms with Gasteiger partial charge in [-0.1, -0.05) is 32.1 Å². The van der Waals surface area contributed by atoms with Gasteiger partial charge in [-0.15, -0.1) is 0 Å². The third-order valence-corrected chi connectivity index (χ3v) is 5.03. The van der Waals surface area contributed by atoms with E-state index in [0.717, 1.165) is 30.1 Å². The van der Waals surface area contributed by atoms with E-state index in [2.05, 4.69) is 4.98 Å². The number of rotatable bonds is 6. The number of hydrogen-bond donors (Lipinski definition) is 1. The summed E-state index contributed by atoms with van der Waals surface area (Å²) in [4.78, 5) is 27.4. The van der Waals surface area contributed by atoms with Gasteiger partial charge in [0.05, 0.1) is 11.0 Å². The maximum Gasteiger partial charge on any atom is 0.323 e. The number of imidazole rings is 1. The molecule has 1 heterocycles. The Morgan fingerprint density at radius 1 is 1.25 bits per heavy atom. The molecule has 1 fully saturated rings. The molecule has 1 aliphatic carbocycles. The Morgan fingerprint density at radius 3 is 2.67 bits per heavy atom. The summed E-state index contributed by atoms with van der Waals surface area (Å²) in [5, 5.41) is 9.23. The SMILES string of the molecule is CC(=O)c1ccc2c(c1)nc(CCC1CCCCC1)n2CC(=O)O. The van der Waals surface area contributed by atoms with E-state index >= 15 is 0 Å². The van der Waals surface area contributed by atoms with Crippen molar-refractivity contribution in [2.75, 3.05) is 0 Å². The maximum atomic E-state index is 11.6. The Balaban J connectivity index is 1.88. The van der Waals surface area contributed by atoms with Crippen molar-refractivity contribution in [3.8, 4) is 0 Å². The van der Waals surface area contributed by atoms with E-state index < -0.39 is 5.97 Å². The zero-order valence-corrected chi connectivity index (χ0v) is 14.1. The van der Waals surface area contributed by atoms with Crippen LogP contribution in [0.4, 0.5) is 0 Å². The van der Waals surface area contributed by atoms with Gasteiger partial charge in [0, 0.05) is 12.0 Å². The second-order valence-corrected chi connectivity index (χ2v) is 6.81. The van der Waals surface area contributed by atoms with E-state index in [0.29, 0.717) is 11.1 Å². The molecule has 24 heavy (non-hydrogen) atoms. The van der Waals surface area contributed by atoms with Crippen LogP contribution in [0.1, 0.15) is 61.6 Å². The molecular formula is C19H24N2O3. The topological polar surface area (TPSA) is 72.2 Å². The highest BCUT2D eigenvalue weighted by Gasteiger charge is 2.18. The number of ketones is 1. The molecule has 5 nitrogen and oxygen atoms in total. The van der Waals surface area contributed by atoms with Gasteiger partial charge >= 0.3 is 5.97 Å². The number of aryl methyl sites for hydroxylation is 1. The number of carboxylic acid groups (broad SMARTS) is 1. The highest BCUT2D eigenvalue weighted by atomic mass is 16.4. The van der Waals surface area contributed by atoms with Gasteiger partial charge < -0.3 is 9.67 Å². The van der Waals surface area contributed by atoms with Crippen molar-refractivity contribution in [1.82, 2.24) is 9.55 Å². The van der Waals surface area contributed by atoms with Crippen LogP contribution in [0.2, 0.25) is 0 Å². The Morgan fingerprint density at radius 2 is 2.00 bits per heavy atom. The lowest BCUT2D eigenvalue weighted by Gasteiger charge is -2.21. The summed E-state index contributed by atoms with van der Waals surface area (Å²) in [6.07, 6.45) is 8.34. The zero-order valence-electron chi connectivity index (χ0n) is 14.1. The van der Waals surface area contributed by atoms with Crippen LogP contribution in [-0.2, 0) is 17.8 Å². The monoisotopic (exact) mass is 328 g/mol. The first-order valence-electron chi connectivity index (χ1n) is 8.76. The van der Waals surface area contributed by atoms with Crippen molar-refractivity contribution >= 4 is 22.8 Å². The number of Topliss-reactive ketones (excluding diaryl/α,β-unsaturated/α-hetero) is 1. The summed E-state index contributed by atoms with van der Waals surface area (Å²) in [7, 11) is 0. The highest BCUT2D eigenvalue weighted by Crippen LogP contribution is 2.28. The van der Waals surface area contributed by atoms with E-state index in [9.17, 15) is 14.7 Å². The number of carbonyl (C=O) groups is 2. The molecule has 0 radical (unpaired) electrons. The van der Waals surface area contributed by atoms with Gasteiger partial charge in [-0.25, -0.2) is 4.98 Å². The van der Waals surface area contributed by atoms with E-state index in [1.54, 1.807) is 16.7 Å². The van der Waals surface area contributed by atoms with Gasteiger partial charge in [-0.3, -0.25) is 9.59 Å². The first-order valence-corrected chi connectivity index (χ1v) is 8.76. The number of aliphatic carboxylic acids is 1. The smallest absolute Gasteiger partial charge is 0.323 e. The molecule has 0 saturated heterocycles. The molecule has 0 unspecified atom stereocenters. The molecule has 1 aliphatic rings. The molecule has 128 valence electrons. The molecule has 1 saturated carbocycles. The Labute approximate surface area is 141 Å². The largest absolute Gasteiger partial charge is 0.480 e. The van der Waals surface area contributed by atoms with E-state index in [-0.39, 0.29) is 12.3 Å². The fraction of sp³-hybridized carbons (Fsp3) is 0.526. The van der Waals surface area contributed by atoms with Gasteiger partial charge in [-0.2, -0.15) is 0 Å². The molecule has 1 aromatic carbocycles. The summed E-state index contributed by atoms with van der Waals surface area (Å²) in [6.45, 7) is 1.44. The quantitative estimate of drug-likeness (QED) is 0.818. The third-order valence-electron chi connectivity index (χ3n) is 5.03. The van der Waals surface area contributed by atoms with Gasteiger partial charge in [0.25, 0.3) is 0 Å². The molecule has 0 aliphatic heterocycles. The summed E-state index contributed by atoms with van der Waals surface area (Å²) in [5.74, 6) is 0.667. The first-order chi connectivity index (χ1) is 11.5. The van der Waals surface area contributed by atoms with Crippen molar-refractivity contribution in [3.05, 3.63) is 29.6 Å². The molecule has 0 bridgehead atoms. The van der Waals surface area contributed by atoms with Crippen LogP contribution in [0.25, 0.3) is 11.0 Å². The van der Waals surface area contributed by atoms with Crippen LogP contribution >= 0.6 is 0 Å². The van der Waals surface area contributed by atoms with Crippen LogP contribution in [0, 0.1) is 5.92 Å². The highest BCUT2D eigenvalue weighted by molar-refractivity contribution is 5.97. The van der Waals surface area contributed by atoms with Crippen molar-refractivity contribution in [3.63, 3.8) is 0 Å². The second kappa shape index (κ2) is 7.16. The second-order valence-electron chi connectivity index (χ2n) is 6.81. The maximum absolute atomic E-state index is 11.6. The summed E-state index contributed by atoms with van der Waals surface area (Å²) < 4.78 is 1.78. The average Bonchev–Trinajstić information content (AvgIpc) is 2.90. The van der Waals surface area contributed by atoms with Crippen molar-refractivity contribution < 1.29 is 14.7 Å². The number of carboxylic acids is 1. The number of fused-ring (bicyclic) bond motifs is 1. The van der Waals surface area contributed by atoms with Crippen LogP contribution in [0.5, 0.6) is 0 Å². The molecule has 0 amide bonds. The molecule has 5 heteroatoms. The predicted molar refractivity (Wildman–Crippen MR) is 92.3 cm³/mol. The third kappa shape index (κ3) is 3.66. The van der Waals surface area contributed by atoms with Crippen LogP contribution in [0.15, 0.2) is 18.2 Å². The fourth-order valence-corrected chi connectivity index (χ4v) is 3.71. The van der Waals surface area contributed by atoms with E-state index in [1.807, 2.05) is 6.07 Å². The van der Waals surface area contributed by atoms with Crippen LogP contribution in [-0.4, -0.2) is 26.4 Å². The lowest BCUT2D eigenvalue weighted by molar-refractivity contribution is -0.137. The van der Waals surface area contributed by atoms with Crippen molar-refractivity contribution in [2.24, 2.45) is 5.92 Å². The molecule has 0 spiro atoms. The normalized spacial score (nSPS) is 15.7. The van der Waals surface area contributed by atoms with Crippen molar-refractivity contribution in [1.29, 1.82) is 0 Å².